The molecule has 11 nitrogen and oxygen atoms in total. The lowest BCUT2D eigenvalue weighted by molar-refractivity contribution is 0.0985. The number of carbonyl (C=O) groups excluding carboxylic acids is 2. The molecule has 0 saturated carbocycles. The normalized spacial score (nSPS) is 11.2. The molecule has 0 aliphatic carbocycles. The Morgan fingerprint density at radius 2 is 1.22 bits per heavy atom. The number of aromatic nitrogens is 2. The quantitative estimate of drug-likeness (QED) is 0.133. The first kappa shape index (κ1) is 38.1. The van der Waals surface area contributed by atoms with Crippen molar-refractivity contribution in [2.75, 3.05) is 74.2 Å². The molecule has 0 saturated heterocycles. The molecule has 4 rings (SSSR count). The fourth-order valence-corrected chi connectivity index (χ4v) is 5.74. The Morgan fingerprint density at radius 3 is 1.78 bits per heavy atom. The number of likely N-dealkylation sites (N-methyl/N-ethyl adjacent to an activating group) is 2. The predicted molar refractivity (Wildman–Crippen MR) is 195 cm³/mol. The molecule has 0 aliphatic heterocycles. The molecule has 0 fully saturated rings. The largest absolute Gasteiger partial charge is 0.496 e. The Hall–Kier alpha value is -4.68. The van der Waals surface area contributed by atoms with Gasteiger partial charge in [-0.25, -0.2) is 0 Å². The van der Waals surface area contributed by atoms with E-state index >= 15 is 0 Å². The average molecular weight is 684 g/mol. The van der Waals surface area contributed by atoms with E-state index < -0.39 is 0 Å². The number of hydrogen-bond acceptors (Lipinski definition) is 10. The third-order valence-electron chi connectivity index (χ3n) is 8.75. The predicted octanol–water partition coefficient (Wildman–Crippen LogP) is 5.61. The van der Waals surface area contributed by atoms with Crippen LogP contribution in [0.15, 0.2) is 60.9 Å². The minimum atomic E-state index is -0.338. The van der Waals surface area contributed by atoms with E-state index in [-0.39, 0.29) is 23.8 Å². The molecule has 266 valence electrons. The van der Waals surface area contributed by atoms with Crippen LogP contribution in [0, 0.1) is 13.8 Å². The fraction of sp³-hybridized carbons (Fsp3) is 0.385. The molecule has 0 atom stereocenters. The van der Waals surface area contributed by atoms with Gasteiger partial charge in [0, 0.05) is 88.2 Å². The highest BCUT2D eigenvalue weighted by atomic mass is 16.5. The standard InChI is InChI=1S/C39H49N5O6/c1-26-28(19-36(45)34-20-37(49-7)29(22-40-34)24-43(3)15-17-47-5)11-9-12-31(26)32-13-10-14-33(27(32)2)42-39(46)35-21-38(50-8)30(23-41-35)25-44(4)16-18-48-6/h9-14,20-23H,15-19,24-25H2,1-8H3,(H,42,46). The molecular weight excluding hydrogens is 634 g/mol. The minimum Gasteiger partial charge on any atom is -0.496 e. The van der Waals surface area contributed by atoms with Crippen LogP contribution in [0.3, 0.4) is 0 Å². The molecule has 0 unspecified atom stereocenters. The monoisotopic (exact) mass is 683 g/mol. The van der Waals surface area contributed by atoms with Crippen molar-refractivity contribution in [3.05, 3.63) is 100 Å². The van der Waals surface area contributed by atoms with Crippen LogP contribution >= 0.6 is 0 Å². The van der Waals surface area contributed by atoms with E-state index in [0.717, 1.165) is 52.0 Å². The lowest BCUT2D eigenvalue weighted by atomic mass is 9.91. The maximum absolute atomic E-state index is 13.5. The number of methoxy groups -OCH3 is 4. The highest BCUT2D eigenvalue weighted by Crippen LogP contribution is 2.33. The van der Waals surface area contributed by atoms with Crippen molar-refractivity contribution in [1.29, 1.82) is 0 Å². The molecule has 2 aromatic carbocycles. The van der Waals surface area contributed by atoms with Crippen LogP contribution in [-0.2, 0) is 29.0 Å². The zero-order valence-electron chi connectivity index (χ0n) is 30.5. The van der Waals surface area contributed by atoms with E-state index in [9.17, 15) is 9.59 Å². The molecule has 50 heavy (non-hydrogen) atoms. The van der Waals surface area contributed by atoms with Gasteiger partial charge in [0.25, 0.3) is 5.91 Å². The number of Topliss-reactive ketones (excluding diaryl/α,β-unsaturated/α-hetero) is 1. The molecule has 2 aromatic heterocycles. The van der Waals surface area contributed by atoms with Crippen molar-refractivity contribution in [3.63, 3.8) is 0 Å². The Balaban J connectivity index is 1.51. The summed E-state index contributed by atoms with van der Waals surface area (Å²) in [4.78, 5) is 40.0. The van der Waals surface area contributed by atoms with Gasteiger partial charge in [-0.1, -0.05) is 30.3 Å². The number of benzene rings is 2. The summed E-state index contributed by atoms with van der Waals surface area (Å²) in [5.74, 6) is 0.783. The summed E-state index contributed by atoms with van der Waals surface area (Å²) < 4.78 is 21.6. The first-order valence-electron chi connectivity index (χ1n) is 16.5. The van der Waals surface area contributed by atoms with Gasteiger partial charge in [0.05, 0.1) is 27.4 Å². The lowest BCUT2D eigenvalue weighted by Crippen LogP contribution is -2.23. The second kappa shape index (κ2) is 18.4. The van der Waals surface area contributed by atoms with Crippen LogP contribution < -0.4 is 14.8 Å². The smallest absolute Gasteiger partial charge is 0.274 e. The zero-order chi connectivity index (χ0) is 36.2. The van der Waals surface area contributed by atoms with Gasteiger partial charge < -0.3 is 24.3 Å². The number of hydrogen-bond donors (Lipinski definition) is 1. The molecule has 0 spiro atoms. The molecule has 1 amide bonds. The van der Waals surface area contributed by atoms with Crippen molar-refractivity contribution in [2.24, 2.45) is 0 Å². The van der Waals surface area contributed by atoms with Gasteiger partial charge in [-0.05, 0) is 61.8 Å². The maximum atomic E-state index is 13.5. The van der Waals surface area contributed by atoms with Crippen molar-refractivity contribution < 1.29 is 28.5 Å². The molecular formula is C39H49N5O6. The first-order chi connectivity index (χ1) is 24.1. The van der Waals surface area contributed by atoms with Gasteiger partial charge >= 0.3 is 0 Å². The molecule has 0 bridgehead atoms. The third kappa shape index (κ3) is 9.72. The number of nitrogens with zero attached hydrogens (tertiary/aromatic N) is 4. The molecule has 1 N–H and O–H groups in total. The number of carbonyl (C=O) groups is 2. The highest BCUT2D eigenvalue weighted by molar-refractivity contribution is 6.04. The van der Waals surface area contributed by atoms with E-state index in [4.69, 9.17) is 18.9 Å². The van der Waals surface area contributed by atoms with Crippen LogP contribution in [0.1, 0.15) is 48.8 Å². The summed E-state index contributed by atoms with van der Waals surface area (Å²) in [6.07, 6.45) is 3.58. The Labute approximate surface area is 295 Å². The minimum absolute atomic E-state index is 0.101. The van der Waals surface area contributed by atoms with Crippen molar-refractivity contribution >= 4 is 17.4 Å². The van der Waals surface area contributed by atoms with Gasteiger partial charge in [-0.15, -0.1) is 0 Å². The van der Waals surface area contributed by atoms with Crippen LogP contribution in [0.25, 0.3) is 11.1 Å². The van der Waals surface area contributed by atoms with Gasteiger partial charge in [-0.3, -0.25) is 29.4 Å². The summed E-state index contributed by atoms with van der Waals surface area (Å²) in [5, 5.41) is 3.03. The summed E-state index contributed by atoms with van der Waals surface area (Å²) in [6, 6.07) is 15.1. The van der Waals surface area contributed by atoms with Gasteiger partial charge in [0.2, 0.25) is 0 Å². The number of ether oxygens (including phenoxy) is 4. The van der Waals surface area contributed by atoms with E-state index in [1.54, 1.807) is 53.0 Å². The first-order valence-corrected chi connectivity index (χ1v) is 16.5. The second-order valence-corrected chi connectivity index (χ2v) is 12.3. The SMILES string of the molecule is COCCN(C)Cc1cnc(C(=O)Cc2cccc(-c3cccc(NC(=O)c4cc(OC)c(CN(C)CCOC)cn4)c3C)c2C)cc1OC. The van der Waals surface area contributed by atoms with Gasteiger partial charge in [-0.2, -0.15) is 0 Å². The molecule has 2 heterocycles. The number of anilines is 1. The molecule has 0 aliphatic rings. The van der Waals surface area contributed by atoms with Crippen molar-refractivity contribution in [1.82, 2.24) is 19.8 Å². The molecule has 0 radical (unpaired) electrons. The van der Waals surface area contributed by atoms with Crippen LogP contribution in [0.4, 0.5) is 5.69 Å². The number of rotatable bonds is 18. The Bertz CT molecular complexity index is 1650. The number of ketones is 1. The number of amides is 1. The zero-order valence-corrected chi connectivity index (χ0v) is 30.5. The van der Waals surface area contributed by atoms with E-state index in [2.05, 4.69) is 25.1 Å². The number of pyridine rings is 2. The Kier molecular flexibility index (Phi) is 14.0. The maximum Gasteiger partial charge on any atom is 0.274 e. The van der Waals surface area contributed by atoms with Crippen LogP contribution in [0.5, 0.6) is 11.5 Å². The van der Waals surface area contributed by atoms with E-state index in [1.165, 1.54) is 0 Å². The highest BCUT2D eigenvalue weighted by Gasteiger charge is 2.19. The van der Waals surface area contributed by atoms with E-state index in [0.29, 0.717) is 49.2 Å². The fourth-order valence-electron chi connectivity index (χ4n) is 5.74. The van der Waals surface area contributed by atoms with E-state index in [1.807, 2.05) is 64.3 Å². The molecule has 11 heteroatoms. The summed E-state index contributed by atoms with van der Waals surface area (Å²) in [6.45, 7) is 7.97. The average Bonchev–Trinajstić information content (AvgIpc) is 3.11. The lowest BCUT2D eigenvalue weighted by Gasteiger charge is -2.18. The summed E-state index contributed by atoms with van der Waals surface area (Å²) in [5.41, 5.74) is 7.76. The Morgan fingerprint density at radius 1 is 0.700 bits per heavy atom. The second-order valence-electron chi connectivity index (χ2n) is 12.3. The van der Waals surface area contributed by atoms with Gasteiger partial charge in [0.15, 0.2) is 5.78 Å². The van der Waals surface area contributed by atoms with Gasteiger partial charge in [0.1, 0.15) is 22.9 Å². The van der Waals surface area contributed by atoms with Crippen LogP contribution in [0.2, 0.25) is 0 Å². The van der Waals surface area contributed by atoms with Crippen LogP contribution in [-0.4, -0.2) is 100 Å². The molecule has 4 aromatic rings. The van der Waals surface area contributed by atoms with Crippen molar-refractivity contribution in [3.8, 4) is 22.6 Å². The number of nitrogens with one attached hydrogen (secondary N) is 1. The summed E-state index contributed by atoms with van der Waals surface area (Å²) in [7, 11) is 10.5. The third-order valence-corrected chi connectivity index (χ3v) is 8.75. The van der Waals surface area contributed by atoms with Crippen molar-refractivity contribution in [2.45, 2.75) is 33.4 Å². The summed E-state index contributed by atoms with van der Waals surface area (Å²) >= 11 is 0. The topological polar surface area (TPSA) is 115 Å².